The molecule has 1 aromatic carbocycles. The molecule has 0 spiro atoms. The predicted octanol–water partition coefficient (Wildman–Crippen LogP) is 4.02. The molecule has 0 atom stereocenters. The highest BCUT2D eigenvalue weighted by Crippen LogP contribution is 2.36. The van der Waals surface area contributed by atoms with E-state index in [2.05, 4.69) is 15.3 Å². The second-order valence-electron chi connectivity index (χ2n) is 6.80. The van der Waals surface area contributed by atoms with Gasteiger partial charge in [-0.3, -0.25) is 14.8 Å². The highest BCUT2D eigenvalue weighted by molar-refractivity contribution is 7.16. The van der Waals surface area contributed by atoms with Gasteiger partial charge in [-0.2, -0.15) is 0 Å². The van der Waals surface area contributed by atoms with Crippen molar-refractivity contribution in [2.24, 2.45) is 0 Å². The number of benzene rings is 1. The van der Waals surface area contributed by atoms with Gasteiger partial charge in [0.05, 0.1) is 32.8 Å². The zero-order valence-electron chi connectivity index (χ0n) is 14.5. The van der Waals surface area contributed by atoms with E-state index in [-0.39, 0.29) is 6.03 Å². The van der Waals surface area contributed by atoms with Crippen LogP contribution < -0.4 is 15.1 Å². The van der Waals surface area contributed by atoms with Crippen LogP contribution in [0, 0.1) is 6.92 Å². The highest BCUT2D eigenvalue weighted by Gasteiger charge is 2.34. The number of hydrogen-bond donors (Lipinski definition) is 1. The monoisotopic (exact) mass is 365 g/mol. The molecule has 3 aromatic rings. The lowest BCUT2D eigenvalue weighted by molar-refractivity contribution is 0.256. The predicted molar refractivity (Wildman–Crippen MR) is 105 cm³/mol. The molecular weight excluding hydrogens is 346 g/mol. The first-order chi connectivity index (χ1) is 12.7. The topological polar surface area (TPSA) is 61.4 Å². The van der Waals surface area contributed by atoms with Crippen LogP contribution in [-0.4, -0.2) is 35.1 Å². The van der Waals surface area contributed by atoms with Gasteiger partial charge in [0.25, 0.3) is 0 Å². The largest absolute Gasteiger partial charge is 0.381 e. The number of urea groups is 1. The molecule has 2 aliphatic rings. The van der Waals surface area contributed by atoms with Crippen LogP contribution in [0.15, 0.2) is 36.0 Å². The molecule has 0 bridgehead atoms. The second-order valence-corrected chi connectivity index (χ2v) is 7.69. The summed E-state index contributed by atoms with van der Waals surface area (Å²) < 4.78 is 1.10. The van der Waals surface area contributed by atoms with E-state index in [0.717, 1.165) is 33.0 Å². The Balaban J connectivity index is 1.47. The Kier molecular flexibility index (Phi) is 3.56. The van der Waals surface area contributed by atoms with Crippen LogP contribution in [0.1, 0.15) is 18.5 Å². The Morgan fingerprint density at radius 3 is 2.85 bits per heavy atom. The summed E-state index contributed by atoms with van der Waals surface area (Å²) in [5.41, 5.74) is 6.53. The van der Waals surface area contributed by atoms with Crippen LogP contribution in [0.2, 0.25) is 0 Å². The maximum atomic E-state index is 13.2. The van der Waals surface area contributed by atoms with Crippen LogP contribution in [0.5, 0.6) is 0 Å². The van der Waals surface area contributed by atoms with Crippen LogP contribution in [0.4, 0.5) is 21.9 Å². The van der Waals surface area contributed by atoms with E-state index in [4.69, 9.17) is 0 Å². The molecule has 6 nitrogen and oxygen atoms in total. The Morgan fingerprint density at radius 1 is 1.15 bits per heavy atom. The molecular formula is C19H19N5OS. The maximum absolute atomic E-state index is 13.2. The molecule has 1 N–H and O–H groups in total. The molecule has 1 saturated heterocycles. The SMILES string of the molecule is Cc1nccc(NC2CC2)c1N1CCN(c2ccc3ncsc3c2)C1=O. The normalized spacial score (nSPS) is 17.3. The van der Waals surface area contributed by atoms with E-state index in [1.165, 1.54) is 12.8 Å². The maximum Gasteiger partial charge on any atom is 0.329 e. The number of carbonyl (C=O) groups excluding carboxylic acids is 1. The summed E-state index contributed by atoms with van der Waals surface area (Å²) in [6.45, 7) is 3.29. The lowest BCUT2D eigenvalue weighted by atomic mass is 10.2. The first-order valence-corrected chi connectivity index (χ1v) is 9.73. The molecule has 1 aliphatic carbocycles. The Hall–Kier alpha value is -2.67. The number of rotatable bonds is 4. The molecule has 1 saturated carbocycles. The van der Waals surface area contributed by atoms with Gasteiger partial charge in [0.1, 0.15) is 0 Å². The van der Waals surface area contributed by atoms with Crippen molar-refractivity contribution in [2.75, 3.05) is 28.2 Å². The molecule has 132 valence electrons. The van der Waals surface area contributed by atoms with Crippen molar-refractivity contribution in [3.63, 3.8) is 0 Å². The average molecular weight is 365 g/mol. The van der Waals surface area contributed by atoms with E-state index in [9.17, 15) is 4.79 Å². The van der Waals surface area contributed by atoms with Crippen molar-refractivity contribution in [1.29, 1.82) is 0 Å². The molecule has 2 fully saturated rings. The first-order valence-electron chi connectivity index (χ1n) is 8.85. The van der Waals surface area contributed by atoms with Gasteiger partial charge in [0.15, 0.2) is 0 Å². The van der Waals surface area contributed by atoms with Crippen molar-refractivity contribution >= 4 is 44.6 Å². The summed E-state index contributed by atoms with van der Waals surface area (Å²) in [7, 11) is 0. The van der Waals surface area contributed by atoms with E-state index in [0.29, 0.717) is 19.1 Å². The van der Waals surface area contributed by atoms with Gasteiger partial charge in [-0.1, -0.05) is 0 Å². The van der Waals surface area contributed by atoms with E-state index >= 15 is 0 Å². The van der Waals surface area contributed by atoms with Crippen molar-refractivity contribution in [2.45, 2.75) is 25.8 Å². The third-order valence-corrected chi connectivity index (χ3v) is 5.74. The van der Waals surface area contributed by atoms with Crippen molar-refractivity contribution in [1.82, 2.24) is 9.97 Å². The fourth-order valence-corrected chi connectivity index (χ4v) is 4.17. The van der Waals surface area contributed by atoms with Crippen molar-refractivity contribution in [3.8, 4) is 0 Å². The number of anilines is 3. The van der Waals surface area contributed by atoms with Gasteiger partial charge < -0.3 is 5.32 Å². The smallest absolute Gasteiger partial charge is 0.329 e. The minimum absolute atomic E-state index is 0.00353. The Bertz CT molecular complexity index is 997. The summed E-state index contributed by atoms with van der Waals surface area (Å²) in [5.74, 6) is 0. The van der Waals surface area contributed by atoms with Crippen molar-refractivity contribution < 1.29 is 4.79 Å². The zero-order valence-corrected chi connectivity index (χ0v) is 15.3. The lowest BCUT2D eigenvalue weighted by Crippen LogP contribution is -2.32. The number of aryl methyl sites for hydroxylation is 1. The quantitative estimate of drug-likeness (QED) is 0.758. The van der Waals surface area contributed by atoms with Crippen LogP contribution in [0.25, 0.3) is 10.2 Å². The summed E-state index contributed by atoms with van der Waals surface area (Å²) in [6, 6.07) is 8.50. The molecule has 2 amide bonds. The van der Waals surface area contributed by atoms with Gasteiger partial charge in [0, 0.05) is 31.0 Å². The standard InChI is InChI=1S/C19H19N5OS/c1-12-18(16(6-7-20-12)22-13-2-3-13)24-9-8-23(19(24)25)14-4-5-15-17(10-14)26-11-21-15/h4-7,10-11,13H,2-3,8-9H2,1H3,(H,20,22). The van der Waals surface area contributed by atoms with E-state index in [1.54, 1.807) is 17.5 Å². The van der Waals surface area contributed by atoms with Gasteiger partial charge in [-0.15, -0.1) is 11.3 Å². The first kappa shape index (κ1) is 15.6. The minimum atomic E-state index is 0.00353. The number of thiazole rings is 1. The van der Waals surface area contributed by atoms with Gasteiger partial charge in [0.2, 0.25) is 0 Å². The number of nitrogens with one attached hydrogen (secondary N) is 1. The molecule has 7 heteroatoms. The number of carbonyl (C=O) groups is 1. The summed E-state index contributed by atoms with van der Waals surface area (Å²) >= 11 is 1.59. The number of nitrogens with zero attached hydrogens (tertiary/aromatic N) is 4. The van der Waals surface area contributed by atoms with Crippen LogP contribution >= 0.6 is 11.3 Å². The van der Waals surface area contributed by atoms with Gasteiger partial charge in [-0.25, -0.2) is 9.78 Å². The molecule has 3 heterocycles. The number of fused-ring (bicyclic) bond motifs is 1. The fourth-order valence-electron chi connectivity index (χ4n) is 3.46. The Labute approximate surface area is 155 Å². The third-order valence-electron chi connectivity index (χ3n) is 4.95. The minimum Gasteiger partial charge on any atom is -0.381 e. The van der Waals surface area contributed by atoms with Gasteiger partial charge >= 0.3 is 6.03 Å². The molecule has 26 heavy (non-hydrogen) atoms. The van der Waals surface area contributed by atoms with Crippen molar-refractivity contribution in [3.05, 3.63) is 41.7 Å². The molecule has 0 radical (unpaired) electrons. The van der Waals surface area contributed by atoms with Crippen LogP contribution in [-0.2, 0) is 0 Å². The zero-order chi connectivity index (χ0) is 17.7. The van der Waals surface area contributed by atoms with Crippen LogP contribution in [0.3, 0.4) is 0 Å². The summed E-state index contributed by atoms with van der Waals surface area (Å²) in [4.78, 5) is 25.6. The average Bonchev–Trinajstić information content (AvgIpc) is 3.19. The van der Waals surface area contributed by atoms with E-state index in [1.807, 2.05) is 46.5 Å². The highest BCUT2D eigenvalue weighted by atomic mass is 32.1. The molecule has 2 aromatic heterocycles. The lowest BCUT2D eigenvalue weighted by Gasteiger charge is -2.23. The summed E-state index contributed by atoms with van der Waals surface area (Å²) in [6.07, 6.45) is 4.19. The molecule has 1 aliphatic heterocycles. The number of amides is 2. The third kappa shape index (κ3) is 2.59. The van der Waals surface area contributed by atoms with Gasteiger partial charge in [-0.05, 0) is 44.0 Å². The second kappa shape index (κ2) is 5.95. The number of pyridine rings is 1. The number of hydrogen-bond acceptors (Lipinski definition) is 5. The summed E-state index contributed by atoms with van der Waals surface area (Å²) in [5, 5.41) is 3.54. The number of aromatic nitrogens is 2. The fraction of sp³-hybridized carbons (Fsp3) is 0.316. The Morgan fingerprint density at radius 2 is 2.00 bits per heavy atom. The molecule has 0 unspecified atom stereocenters. The van der Waals surface area contributed by atoms with E-state index < -0.39 is 0 Å². The molecule has 5 rings (SSSR count).